The van der Waals surface area contributed by atoms with Crippen LogP contribution in [0.25, 0.3) is 0 Å². The molecule has 0 radical (unpaired) electrons. The lowest BCUT2D eigenvalue weighted by Crippen LogP contribution is -2.68. The molecule has 2 rings (SSSR count). The molecule has 0 aliphatic carbocycles. The number of unbranched alkanes of at least 4 members (excludes halogenated alkanes) is 13. The first kappa shape index (κ1) is 35.8. The number of rotatable bonds is 21. The fourth-order valence-electron chi connectivity index (χ4n) is 6.65. The van der Waals surface area contributed by atoms with E-state index in [9.17, 15) is 4.79 Å². The quantitative estimate of drug-likeness (QED) is 0.109. The maximum absolute atomic E-state index is 13.0. The molecule has 1 aromatic rings. The highest BCUT2D eigenvalue weighted by Crippen LogP contribution is 2.50. The summed E-state index contributed by atoms with van der Waals surface area (Å²) in [7, 11) is 0. The van der Waals surface area contributed by atoms with Gasteiger partial charge in [-0.05, 0) is 38.7 Å². The summed E-state index contributed by atoms with van der Waals surface area (Å²) in [6.45, 7) is 15.7. The molecule has 4 nitrogen and oxygen atoms in total. The molecular weight excluding hydrogens is 506 g/mol. The third-order valence-electron chi connectivity index (χ3n) is 10.2. The van der Waals surface area contributed by atoms with E-state index in [0.29, 0.717) is 6.42 Å². The van der Waals surface area contributed by atoms with Crippen LogP contribution in [0.2, 0.25) is 0 Å². The Morgan fingerprint density at radius 1 is 0.829 bits per heavy atom. The van der Waals surface area contributed by atoms with Crippen LogP contribution in [0.4, 0.5) is 0 Å². The normalized spacial score (nSPS) is 23.4. The molecule has 0 spiro atoms. The minimum absolute atomic E-state index is 0.0256. The van der Waals surface area contributed by atoms with Gasteiger partial charge in [0.1, 0.15) is 12.2 Å². The molecule has 1 aliphatic rings. The molecule has 0 N–H and O–H groups in total. The Bertz CT molecular complexity index is 825. The minimum Gasteiger partial charge on any atom is -0.462 e. The van der Waals surface area contributed by atoms with Crippen LogP contribution in [0, 0.1) is 5.41 Å². The van der Waals surface area contributed by atoms with Crippen molar-refractivity contribution >= 4 is 5.97 Å². The maximum atomic E-state index is 13.0. The highest BCUT2D eigenvalue weighted by molar-refractivity contribution is 5.69. The molecule has 0 bridgehead atoms. The standard InChI is InChI=1S/C37H65NO3/c1-8-11-12-13-14-15-16-17-18-19-20-21-22-26-29-35(39)40-34-30-33(9-2)38(37(7,10-3)36(34,5)6)41-31(4)32-27-24-23-25-28-32/h23-25,27-28,31,33-34H,8-22,26,29-30H2,1-7H3. The number of piperidine rings is 1. The van der Waals surface area contributed by atoms with Crippen LogP contribution in [0.5, 0.6) is 0 Å². The van der Waals surface area contributed by atoms with Crippen molar-refractivity contribution in [3.63, 3.8) is 0 Å². The Kier molecular flexibility index (Phi) is 16.6. The Hall–Kier alpha value is -1.39. The van der Waals surface area contributed by atoms with E-state index in [1.54, 1.807) is 0 Å². The zero-order valence-corrected chi connectivity index (χ0v) is 28.0. The molecule has 4 unspecified atom stereocenters. The van der Waals surface area contributed by atoms with Gasteiger partial charge in [-0.15, -0.1) is 0 Å². The first-order chi connectivity index (χ1) is 19.7. The lowest BCUT2D eigenvalue weighted by atomic mass is 9.63. The van der Waals surface area contributed by atoms with Gasteiger partial charge in [0.05, 0.1) is 5.54 Å². The molecule has 1 fully saturated rings. The molecule has 4 heteroatoms. The zero-order chi connectivity index (χ0) is 30.1. The summed E-state index contributed by atoms with van der Waals surface area (Å²) in [5.41, 5.74) is 0.685. The monoisotopic (exact) mass is 571 g/mol. The van der Waals surface area contributed by atoms with Gasteiger partial charge in [0, 0.05) is 24.3 Å². The zero-order valence-electron chi connectivity index (χ0n) is 28.0. The highest BCUT2D eigenvalue weighted by atomic mass is 16.7. The Labute approximate surface area is 254 Å². The molecule has 1 heterocycles. The number of ether oxygens (including phenoxy) is 1. The summed E-state index contributed by atoms with van der Waals surface area (Å²) in [5, 5.41) is 2.27. The van der Waals surface area contributed by atoms with E-state index in [1.807, 2.05) is 6.07 Å². The molecule has 0 aromatic heterocycles. The Balaban J connectivity index is 1.74. The number of benzene rings is 1. The number of hydroxylamine groups is 2. The number of nitrogens with zero attached hydrogens (tertiary/aromatic N) is 1. The van der Waals surface area contributed by atoms with Crippen LogP contribution in [0.15, 0.2) is 30.3 Å². The highest BCUT2D eigenvalue weighted by Gasteiger charge is 2.57. The van der Waals surface area contributed by atoms with Crippen LogP contribution < -0.4 is 0 Å². The average molecular weight is 572 g/mol. The second kappa shape index (κ2) is 19.0. The van der Waals surface area contributed by atoms with Crippen molar-refractivity contribution in [3.05, 3.63) is 35.9 Å². The summed E-state index contributed by atoms with van der Waals surface area (Å²) < 4.78 is 6.27. The van der Waals surface area contributed by atoms with Gasteiger partial charge in [-0.1, -0.05) is 148 Å². The van der Waals surface area contributed by atoms with Crippen LogP contribution >= 0.6 is 0 Å². The number of carbonyl (C=O) groups excluding carboxylic acids is 1. The van der Waals surface area contributed by atoms with Crippen molar-refractivity contribution < 1.29 is 14.4 Å². The molecule has 1 aromatic carbocycles. The van der Waals surface area contributed by atoms with E-state index in [-0.39, 0.29) is 35.2 Å². The Morgan fingerprint density at radius 2 is 1.34 bits per heavy atom. The van der Waals surface area contributed by atoms with E-state index in [2.05, 4.69) is 77.8 Å². The van der Waals surface area contributed by atoms with E-state index < -0.39 is 0 Å². The molecule has 0 amide bonds. The first-order valence-corrected chi connectivity index (χ1v) is 17.4. The van der Waals surface area contributed by atoms with Crippen LogP contribution in [-0.2, 0) is 14.4 Å². The average Bonchev–Trinajstić information content (AvgIpc) is 2.97. The summed E-state index contributed by atoms with van der Waals surface area (Å²) in [5.74, 6) is -0.0256. The third kappa shape index (κ3) is 11.0. The smallest absolute Gasteiger partial charge is 0.306 e. The summed E-state index contributed by atoms with van der Waals surface area (Å²) in [4.78, 5) is 19.7. The summed E-state index contributed by atoms with van der Waals surface area (Å²) in [6, 6.07) is 10.6. The van der Waals surface area contributed by atoms with Crippen molar-refractivity contribution in [2.45, 2.75) is 188 Å². The maximum Gasteiger partial charge on any atom is 0.306 e. The van der Waals surface area contributed by atoms with Gasteiger partial charge >= 0.3 is 5.97 Å². The molecule has 4 atom stereocenters. The van der Waals surface area contributed by atoms with Crippen LogP contribution in [-0.4, -0.2) is 28.7 Å². The number of esters is 1. The molecule has 0 saturated carbocycles. The fraction of sp³-hybridized carbons (Fsp3) is 0.811. The second-order valence-corrected chi connectivity index (χ2v) is 13.5. The van der Waals surface area contributed by atoms with Crippen molar-refractivity contribution in [1.29, 1.82) is 0 Å². The second-order valence-electron chi connectivity index (χ2n) is 13.5. The minimum atomic E-state index is -0.255. The van der Waals surface area contributed by atoms with Crippen LogP contribution in [0.3, 0.4) is 0 Å². The van der Waals surface area contributed by atoms with Crippen LogP contribution in [0.1, 0.15) is 176 Å². The predicted molar refractivity (Wildman–Crippen MR) is 174 cm³/mol. The molecular formula is C37H65NO3. The fourth-order valence-corrected chi connectivity index (χ4v) is 6.65. The first-order valence-electron chi connectivity index (χ1n) is 17.4. The Morgan fingerprint density at radius 3 is 1.83 bits per heavy atom. The number of carbonyl (C=O) groups is 1. The van der Waals surface area contributed by atoms with Crippen molar-refractivity contribution in [3.8, 4) is 0 Å². The predicted octanol–water partition coefficient (Wildman–Crippen LogP) is 11.1. The van der Waals surface area contributed by atoms with Gasteiger partial charge < -0.3 is 4.74 Å². The van der Waals surface area contributed by atoms with E-state index in [1.165, 1.54) is 82.6 Å². The summed E-state index contributed by atoms with van der Waals surface area (Å²) in [6.07, 6.45) is 21.6. The van der Waals surface area contributed by atoms with Gasteiger partial charge in [-0.2, -0.15) is 5.06 Å². The topological polar surface area (TPSA) is 38.8 Å². The van der Waals surface area contributed by atoms with Crippen molar-refractivity contribution in [2.75, 3.05) is 0 Å². The van der Waals surface area contributed by atoms with Gasteiger partial charge in [0.15, 0.2) is 0 Å². The molecule has 1 aliphatic heterocycles. The van der Waals surface area contributed by atoms with Gasteiger partial charge in [0.25, 0.3) is 0 Å². The van der Waals surface area contributed by atoms with Crippen molar-refractivity contribution in [2.24, 2.45) is 5.41 Å². The lowest BCUT2D eigenvalue weighted by molar-refractivity contribution is -0.327. The van der Waals surface area contributed by atoms with E-state index in [4.69, 9.17) is 9.57 Å². The molecule has 1 saturated heterocycles. The largest absolute Gasteiger partial charge is 0.462 e. The SMILES string of the molecule is CCCCCCCCCCCCCCCCC(=O)OC1CC(CC)N(OC(C)c2ccccc2)C(C)(CC)C1(C)C. The third-order valence-corrected chi connectivity index (χ3v) is 10.2. The van der Waals surface area contributed by atoms with Gasteiger partial charge in [-0.3, -0.25) is 9.63 Å². The summed E-state index contributed by atoms with van der Waals surface area (Å²) >= 11 is 0. The van der Waals surface area contributed by atoms with Crippen molar-refractivity contribution in [1.82, 2.24) is 5.06 Å². The lowest BCUT2D eigenvalue weighted by Gasteiger charge is -2.60. The number of hydrogen-bond donors (Lipinski definition) is 0. The molecule has 41 heavy (non-hydrogen) atoms. The molecule has 236 valence electrons. The van der Waals surface area contributed by atoms with Gasteiger partial charge in [0.2, 0.25) is 0 Å². The van der Waals surface area contributed by atoms with Gasteiger partial charge in [-0.25, -0.2) is 0 Å². The van der Waals surface area contributed by atoms with E-state index >= 15 is 0 Å². The number of hydrogen-bond acceptors (Lipinski definition) is 4. The van der Waals surface area contributed by atoms with E-state index in [0.717, 1.165) is 32.1 Å².